The normalized spacial score (nSPS) is 15.7. The molecular weight excluding hydrogens is 386 g/mol. The molecule has 1 aliphatic rings. The zero-order valence-corrected chi connectivity index (χ0v) is 18.3. The molecule has 0 saturated heterocycles. The minimum Gasteiger partial charge on any atom is -0.489 e. The third kappa shape index (κ3) is 5.57. The highest BCUT2D eigenvalue weighted by molar-refractivity contribution is 7.09. The van der Waals surface area contributed by atoms with Crippen molar-refractivity contribution >= 4 is 22.4 Å². The largest absolute Gasteiger partial charge is 0.489 e. The molecule has 0 bridgehead atoms. The van der Waals surface area contributed by atoms with Gasteiger partial charge in [-0.25, -0.2) is 15.8 Å². The molecule has 0 amide bonds. The molecule has 2 heterocycles. The van der Waals surface area contributed by atoms with Crippen LogP contribution in [0.4, 0.5) is 5.13 Å². The summed E-state index contributed by atoms with van der Waals surface area (Å²) in [4.78, 5) is 9.09. The zero-order chi connectivity index (χ0) is 20.8. The second-order valence-corrected chi connectivity index (χ2v) is 8.10. The van der Waals surface area contributed by atoms with Crippen LogP contribution in [0.3, 0.4) is 0 Å². The van der Waals surface area contributed by atoms with Gasteiger partial charge in [0.2, 0.25) is 5.13 Å². The van der Waals surface area contributed by atoms with Gasteiger partial charge in [0.1, 0.15) is 11.6 Å². The first-order chi connectivity index (χ1) is 14.0. The van der Waals surface area contributed by atoms with Crippen molar-refractivity contribution in [1.82, 2.24) is 19.4 Å². The van der Waals surface area contributed by atoms with Crippen LogP contribution in [0.2, 0.25) is 0 Å². The Morgan fingerprint density at radius 3 is 2.66 bits per heavy atom. The van der Waals surface area contributed by atoms with Gasteiger partial charge in [0, 0.05) is 25.0 Å². The third-order valence-electron chi connectivity index (χ3n) is 5.09. The van der Waals surface area contributed by atoms with Gasteiger partial charge in [-0.05, 0) is 44.7 Å². The first kappa shape index (κ1) is 21.3. The SMILES string of the molecule is CCc1nsc(NC/C(=C(/N)c2ccc(OC3CCCCC3)c(C)n2)N(C)N)n1. The molecule has 8 nitrogen and oxygen atoms in total. The third-order valence-corrected chi connectivity index (χ3v) is 5.80. The van der Waals surface area contributed by atoms with Crippen LogP contribution in [0.5, 0.6) is 5.75 Å². The maximum atomic E-state index is 6.42. The van der Waals surface area contributed by atoms with Gasteiger partial charge < -0.3 is 20.8 Å². The van der Waals surface area contributed by atoms with Crippen molar-refractivity contribution in [2.75, 3.05) is 18.9 Å². The molecule has 1 aliphatic carbocycles. The van der Waals surface area contributed by atoms with E-state index in [0.717, 1.165) is 47.4 Å². The van der Waals surface area contributed by atoms with Gasteiger partial charge in [0.05, 0.1) is 35.4 Å². The molecule has 3 rings (SSSR count). The van der Waals surface area contributed by atoms with Crippen molar-refractivity contribution < 1.29 is 4.74 Å². The summed E-state index contributed by atoms with van der Waals surface area (Å²) in [6.07, 6.45) is 7.09. The minimum atomic E-state index is 0.290. The summed E-state index contributed by atoms with van der Waals surface area (Å²) < 4.78 is 10.4. The maximum Gasteiger partial charge on any atom is 0.202 e. The van der Waals surface area contributed by atoms with Crippen LogP contribution >= 0.6 is 11.5 Å². The molecule has 9 heteroatoms. The number of likely N-dealkylation sites (N-methyl/N-ethyl adjacent to an activating group) is 1. The average Bonchev–Trinajstić information content (AvgIpc) is 3.18. The fourth-order valence-electron chi connectivity index (χ4n) is 3.37. The molecule has 2 aromatic heterocycles. The summed E-state index contributed by atoms with van der Waals surface area (Å²) in [5.41, 5.74) is 9.18. The van der Waals surface area contributed by atoms with E-state index in [1.165, 1.54) is 35.8 Å². The van der Waals surface area contributed by atoms with Crippen LogP contribution < -0.4 is 21.6 Å². The Bertz CT molecular complexity index is 843. The highest BCUT2D eigenvalue weighted by Crippen LogP contribution is 2.26. The Hall–Kier alpha value is -2.39. The van der Waals surface area contributed by atoms with Crippen molar-refractivity contribution in [3.8, 4) is 5.75 Å². The van der Waals surface area contributed by atoms with Gasteiger partial charge in [-0.1, -0.05) is 13.3 Å². The Morgan fingerprint density at radius 2 is 2.03 bits per heavy atom. The van der Waals surface area contributed by atoms with Crippen LogP contribution in [0, 0.1) is 6.92 Å². The maximum absolute atomic E-state index is 6.42. The lowest BCUT2D eigenvalue weighted by molar-refractivity contribution is 0.153. The number of nitrogens with zero attached hydrogens (tertiary/aromatic N) is 4. The summed E-state index contributed by atoms with van der Waals surface area (Å²) in [6.45, 7) is 4.41. The molecule has 1 saturated carbocycles. The number of nitrogens with one attached hydrogen (secondary N) is 1. The van der Waals surface area contributed by atoms with Gasteiger partial charge in [-0.15, -0.1) is 0 Å². The lowest BCUT2D eigenvalue weighted by atomic mass is 9.98. The van der Waals surface area contributed by atoms with Crippen LogP contribution in [0.25, 0.3) is 5.70 Å². The lowest BCUT2D eigenvalue weighted by Crippen LogP contribution is -2.32. The van der Waals surface area contributed by atoms with E-state index >= 15 is 0 Å². The summed E-state index contributed by atoms with van der Waals surface area (Å²) in [5, 5.41) is 5.50. The number of ether oxygens (including phenoxy) is 1. The van der Waals surface area contributed by atoms with E-state index in [2.05, 4.69) is 19.7 Å². The summed E-state index contributed by atoms with van der Waals surface area (Å²) >= 11 is 1.33. The molecule has 158 valence electrons. The summed E-state index contributed by atoms with van der Waals surface area (Å²) in [6, 6.07) is 3.85. The van der Waals surface area contributed by atoms with E-state index in [1.807, 2.05) is 26.0 Å². The van der Waals surface area contributed by atoms with E-state index < -0.39 is 0 Å². The Labute approximate surface area is 176 Å². The van der Waals surface area contributed by atoms with E-state index in [1.54, 1.807) is 7.05 Å². The van der Waals surface area contributed by atoms with Crippen molar-refractivity contribution in [3.05, 3.63) is 35.0 Å². The molecule has 0 unspecified atom stereocenters. The van der Waals surface area contributed by atoms with Crippen LogP contribution in [-0.4, -0.2) is 39.0 Å². The number of hydrazine groups is 1. The van der Waals surface area contributed by atoms with Crippen molar-refractivity contribution in [3.63, 3.8) is 0 Å². The highest BCUT2D eigenvalue weighted by atomic mass is 32.1. The topological polar surface area (TPSA) is 115 Å². The van der Waals surface area contributed by atoms with Gasteiger partial charge >= 0.3 is 0 Å². The molecule has 0 radical (unpaired) electrons. The molecule has 5 N–H and O–H groups in total. The summed E-state index contributed by atoms with van der Waals surface area (Å²) in [7, 11) is 1.76. The number of aryl methyl sites for hydroxylation is 2. The standard InChI is InChI=1S/C20H31N7OS/c1-4-18-25-20(29-26-18)23-12-16(27(3)22)19(21)15-10-11-17(13(2)24-15)28-14-8-6-5-7-9-14/h10-11,14H,4-9,12,21-22H2,1-3H3,(H,23,25,26)/b19-16-. The number of anilines is 1. The second-order valence-electron chi connectivity index (χ2n) is 7.35. The number of aromatic nitrogens is 3. The smallest absolute Gasteiger partial charge is 0.202 e. The van der Waals surface area contributed by atoms with E-state index in [-0.39, 0.29) is 6.10 Å². The monoisotopic (exact) mass is 417 g/mol. The highest BCUT2D eigenvalue weighted by Gasteiger charge is 2.17. The van der Waals surface area contributed by atoms with Gasteiger partial charge in [0.15, 0.2) is 0 Å². The van der Waals surface area contributed by atoms with Crippen molar-refractivity contribution in [2.24, 2.45) is 11.6 Å². The molecule has 0 aromatic carbocycles. The molecule has 2 aromatic rings. The Kier molecular flexibility index (Phi) is 7.27. The Morgan fingerprint density at radius 1 is 1.28 bits per heavy atom. The number of hydrogen-bond acceptors (Lipinski definition) is 9. The minimum absolute atomic E-state index is 0.290. The van der Waals surface area contributed by atoms with Crippen LogP contribution in [0.1, 0.15) is 56.2 Å². The quantitative estimate of drug-likeness (QED) is 0.443. The van der Waals surface area contributed by atoms with Gasteiger partial charge in [0.25, 0.3) is 0 Å². The van der Waals surface area contributed by atoms with Crippen LogP contribution in [-0.2, 0) is 6.42 Å². The number of rotatable bonds is 8. The first-order valence-corrected chi connectivity index (χ1v) is 10.9. The number of pyridine rings is 1. The lowest BCUT2D eigenvalue weighted by Gasteiger charge is -2.24. The molecule has 0 aliphatic heterocycles. The predicted molar refractivity (Wildman–Crippen MR) is 117 cm³/mol. The predicted octanol–water partition coefficient (Wildman–Crippen LogP) is 3.06. The fraction of sp³-hybridized carbons (Fsp3) is 0.550. The van der Waals surface area contributed by atoms with Crippen molar-refractivity contribution in [1.29, 1.82) is 0 Å². The van der Waals surface area contributed by atoms with Crippen molar-refractivity contribution in [2.45, 2.75) is 58.5 Å². The molecule has 29 heavy (non-hydrogen) atoms. The molecule has 1 fully saturated rings. The van der Waals surface area contributed by atoms with E-state index in [9.17, 15) is 0 Å². The Balaban J connectivity index is 1.74. The average molecular weight is 418 g/mol. The summed E-state index contributed by atoms with van der Waals surface area (Å²) in [5.74, 6) is 7.68. The molecular formula is C20H31N7OS. The molecule has 0 spiro atoms. The van der Waals surface area contributed by atoms with E-state index in [0.29, 0.717) is 17.9 Å². The second kappa shape index (κ2) is 9.89. The zero-order valence-electron chi connectivity index (χ0n) is 17.4. The van der Waals surface area contributed by atoms with Gasteiger partial charge in [-0.3, -0.25) is 0 Å². The molecule has 0 atom stereocenters. The van der Waals surface area contributed by atoms with E-state index in [4.69, 9.17) is 16.3 Å². The number of hydrogen-bond donors (Lipinski definition) is 3. The number of nitrogens with two attached hydrogens (primary N) is 2. The van der Waals surface area contributed by atoms with Gasteiger partial charge in [-0.2, -0.15) is 4.37 Å². The fourth-order valence-corrected chi connectivity index (χ4v) is 4.02. The first-order valence-electron chi connectivity index (χ1n) is 10.2. The van der Waals surface area contributed by atoms with Crippen LogP contribution in [0.15, 0.2) is 17.8 Å².